The number of nitrogens with one attached hydrogen (secondary N) is 1. The molecule has 20 heavy (non-hydrogen) atoms. The van der Waals surface area contributed by atoms with Crippen LogP contribution in [0, 0.1) is 6.92 Å². The zero-order chi connectivity index (χ0) is 14.1. The standard InChI is InChI=1S/C16H16N2OS/c1-10-3-6-15(20-10)11(2)18-16-14-9-13(19)5-4-12(14)7-8-17-16/h3-9,11,19H,1-2H3,(H,17,18). The van der Waals surface area contributed by atoms with Crippen LogP contribution in [0.4, 0.5) is 5.82 Å². The van der Waals surface area contributed by atoms with Gasteiger partial charge < -0.3 is 10.4 Å². The molecule has 2 N–H and O–H groups in total. The van der Waals surface area contributed by atoms with Gasteiger partial charge in [0, 0.05) is 21.3 Å². The quantitative estimate of drug-likeness (QED) is 0.745. The van der Waals surface area contributed by atoms with E-state index in [0.29, 0.717) is 0 Å². The summed E-state index contributed by atoms with van der Waals surface area (Å²) in [6.07, 6.45) is 1.79. The van der Waals surface area contributed by atoms with E-state index in [1.54, 1.807) is 29.7 Å². The van der Waals surface area contributed by atoms with Crippen LogP contribution in [0.1, 0.15) is 22.7 Å². The third-order valence-corrected chi connectivity index (χ3v) is 4.47. The van der Waals surface area contributed by atoms with E-state index in [1.165, 1.54) is 9.75 Å². The lowest BCUT2D eigenvalue weighted by Gasteiger charge is -2.14. The van der Waals surface area contributed by atoms with Crippen molar-refractivity contribution in [2.24, 2.45) is 0 Å². The van der Waals surface area contributed by atoms with Gasteiger partial charge in [-0.2, -0.15) is 0 Å². The lowest BCUT2D eigenvalue weighted by molar-refractivity contribution is 0.476. The number of hydrogen-bond acceptors (Lipinski definition) is 4. The molecule has 3 rings (SSSR count). The van der Waals surface area contributed by atoms with E-state index in [0.717, 1.165) is 16.6 Å². The van der Waals surface area contributed by atoms with E-state index in [2.05, 4.69) is 36.3 Å². The van der Waals surface area contributed by atoms with Crippen LogP contribution in [0.5, 0.6) is 5.75 Å². The maximum Gasteiger partial charge on any atom is 0.134 e. The molecule has 0 saturated carbocycles. The number of nitrogens with zero attached hydrogens (tertiary/aromatic N) is 1. The zero-order valence-corrected chi connectivity index (χ0v) is 12.2. The maximum atomic E-state index is 9.66. The van der Waals surface area contributed by atoms with Crippen molar-refractivity contribution < 1.29 is 5.11 Å². The van der Waals surface area contributed by atoms with Crippen LogP contribution in [-0.2, 0) is 0 Å². The molecule has 3 aromatic rings. The van der Waals surface area contributed by atoms with Crippen molar-refractivity contribution in [1.82, 2.24) is 4.98 Å². The predicted octanol–water partition coefficient (Wildman–Crippen LogP) is 4.48. The molecule has 1 unspecified atom stereocenters. The highest BCUT2D eigenvalue weighted by molar-refractivity contribution is 7.12. The molecule has 2 heterocycles. The summed E-state index contributed by atoms with van der Waals surface area (Å²) >= 11 is 1.78. The van der Waals surface area contributed by atoms with Crippen molar-refractivity contribution in [3.05, 3.63) is 52.3 Å². The topological polar surface area (TPSA) is 45.2 Å². The molecule has 0 fully saturated rings. The Balaban J connectivity index is 1.96. The minimum atomic E-state index is 0.189. The van der Waals surface area contributed by atoms with Crippen LogP contribution < -0.4 is 5.32 Å². The highest BCUT2D eigenvalue weighted by Gasteiger charge is 2.10. The summed E-state index contributed by atoms with van der Waals surface area (Å²) in [6.45, 7) is 4.23. The Hall–Kier alpha value is -2.07. The Kier molecular flexibility index (Phi) is 3.32. The number of rotatable bonds is 3. The molecule has 3 nitrogen and oxygen atoms in total. The third-order valence-electron chi connectivity index (χ3n) is 3.29. The van der Waals surface area contributed by atoms with Crippen molar-refractivity contribution >= 4 is 27.9 Å². The lowest BCUT2D eigenvalue weighted by Crippen LogP contribution is -2.06. The molecule has 0 aliphatic heterocycles. The number of pyridine rings is 1. The van der Waals surface area contributed by atoms with Crippen molar-refractivity contribution in [2.75, 3.05) is 5.32 Å². The molecule has 0 saturated heterocycles. The molecule has 1 atom stereocenters. The number of fused-ring (bicyclic) bond motifs is 1. The highest BCUT2D eigenvalue weighted by Crippen LogP contribution is 2.29. The van der Waals surface area contributed by atoms with Crippen molar-refractivity contribution in [1.29, 1.82) is 0 Å². The van der Waals surface area contributed by atoms with Gasteiger partial charge in [-0.05, 0) is 49.6 Å². The van der Waals surface area contributed by atoms with Crippen LogP contribution in [0.3, 0.4) is 0 Å². The summed E-state index contributed by atoms with van der Waals surface area (Å²) < 4.78 is 0. The molecule has 0 bridgehead atoms. The van der Waals surface area contributed by atoms with Gasteiger partial charge in [0.2, 0.25) is 0 Å². The second-order valence-electron chi connectivity index (χ2n) is 4.88. The highest BCUT2D eigenvalue weighted by atomic mass is 32.1. The molecular weight excluding hydrogens is 268 g/mol. The Morgan fingerprint density at radius 1 is 1.20 bits per heavy atom. The molecular formula is C16H16N2OS. The first-order chi connectivity index (χ1) is 9.63. The van der Waals surface area contributed by atoms with E-state index in [1.807, 2.05) is 12.1 Å². The number of phenolic OH excluding ortho intramolecular Hbond substituents is 1. The van der Waals surface area contributed by atoms with Crippen molar-refractivity contribution in [3.8, 4) is 5.75 Å². The summed E-state index contributed by atoms with van der Waals surface area (Å²) in [7, 11) is 0. The summed E-state index contributed by atoms with van der Waals surface area (Å²) in [4.78, 5) is 6.98. The first-order valence-electron chi connectivity index (χ1n) is 6.54. The van der Waals surface area contributed by atoms with Gasteiger partial charge >= 0.3 is 0 Å². The zero-order valence-electron chi connectivity index (χ0n) is 11.4. The number of hydrogen-bond donors (Lipinski definition) is 2. The fourth-order valence-electron chi connectivity index (χ4n) is 2.23. The van der Waals surface area contributed by atoms with E-state index in [4.69, 9.17) is 0 Å². The Morgan fingerprint density at radius 2 is 2.05 bits per heavy atom. The number of aromatic nitrogens is 1. The van der Waals surface area contributed by atoms with Crippen LogP contribution in [0.15, 0.2) is 42.6 Å². The molecule has 1 aromatic carbocycles. The molecule has 102 valence electrons. The number of benzene rings is 1. The van der Waals surface area contributed by atoms with Crippen molar-refractivity contribution in [3.63, 3.8) is 0 Å². The fourth-order valence-corrected chi connectivity index (χ4v) is 3.11. The van der Waals surface area contributed by atoms with E-state index >= 15 is 0 Å². The van der Waals surface area contributed by atoms with Gasteiger partial charge in [0.1, 0.15) is 11.6 Å². The first kappa shape index (κ1) is 12.9. The van der Waals surface area contributed by atoms with Crippen molar-refractivity contribution in [2.45, 2.75) is 19.9 Å². The average molecular weight is 284 g/mol. The van der Waals surface area contributed by atoms with Gasteiger partial charge in [-0.25, -0.2) is 4.98 Å². The van der Waals surface area contributed by atoms with Gasteiger partial charge in [-0.3, -0.25) is 0 Å². The van der Waals surface area contributed by atoms with Crippen LogP contribution >= 0.6 is 11.3 Å². The molecule has 0 aliphatic carbocycles. The third kappa shape index (κ3) is 2.47. The van der Waals surface area contributed by atoms with E-state index in [-0.39, 0.29) is 11.8 Å². The van der Waals surface area contributed by atoms with Gasteiger partial charge in [-0.1, -0.05) is 6.07 Å². The second-order valence-corrected chi connectivity index (χ2v) is 6.20. The SMILES string of the molecule is Cc1ccc(C(C)Nc2nccc3ccc(O)cc23)s1. The average Bonchev–Trinajstić information content (AvgIpc) is 2.86. The summed E-state index contributed by atoms with van der Waals surface area (Å²) in [5.74, 6) is 1.06. The number of aryl methyl sites for hydroxylation is 1. The number of aromatic hydroxyl groups is 1. The molecule has 0 amide bonds. The van der Waals surface area contributed by atoms with Crippen LogP contribution in [-0.4, -0.2) is 10.1 Å². The molecule has 0 spiro atoms. The Morgan fingerprint density at radius 3 is 2.80 bits per heavy atom. The van der Waals surface area contributed by atoms with Crippen LogP contribution in [0.2, 0.25) is 0 Å². The Labute approximate surface area is 121 Å². The summed E-state index contributed by atoms with van der Waals surface area (Å²) in [6, 6.07) is 11.7. The Bertz CT molecular complexity index is 751. The first-order valence-corrected chi connectivity index (χ1v) is 7.36. The van der Waals surface area contributed by atoms with E-state index in [9.17, 15) is 5.11 Å². The predicted molar refractivity (Wildman–Crippen MR) is 84.5 cm³/mol. The molecule has 4 heteroatoms. The van der Waals surface area contributed by atoms with Gasteiger partial charge in [0.25, 0.3) is 0 Å². The number of phenols is 1. The maximum absolute atomic E-state index is 9.66. The molecule has 0 radical (unpaired) electrons. The van der Waals surface area contributed by atoms with E-state index < -0.39 is 0 Å². The molecule has 0 aliphatic rings. The number of anilines is 1. The fraction of sp³-hybridized carbons (Fsp3) is 0.188. The smallest absolute Gasteiger partial charge is 0.134 e. The van der Waals surface area contributed by atoms with Gasteiger partial charge in [0.05, 0.1) is 6.04 Å². The number of thiophene rings is 1. The lowest BCUT2D eigenvalue weighted by atomic mass is 10.1. The minimum Gasteiger partial charge on any atom is -0.508 e. The summed E-state index contributed by atoms with van der Waals surface area (Å²) in [5.41, 5.74) is 0. The normalized spacial score (nSPS) is 12.5. The van der Waals surface area contributed by atoms with Gasteiger partial charge in [-0.15, -0.1) is 11.3 Å². The second kappa shape index (κ2) is 5.13. The monoisotopic (exact) mass is 284 g/mol. The largest absolute Gasteiger partial charge is 0.508 e. The van der Waals surface area contributed by atoms with Gasteiger partial charge in [0.15, 0.2) is 0 Å². The molecule has 2 aromatic heterocycles. The van der Waals surface area contributed by atoms with Crippen LogP contribution in [0.25, 0.3) is 10.8 Å². The minimum absolute atomic E-state index is 0.189. The summed E-state index contributed by atoms with van der Waals surface area (Å²) in [5, 5.41) is 15.1.